The Labute approximate surface area is 308 Å². The zero-order valence-electron chi connectivity index (χ0n) is 35.6. The van der Waals surface area contributed by atoms with Gasteiger partial charge in [-0.25, -0.2) is 0 Å². The van der Waals surface area contributed by atoms with Crippen LogP contribution >= 0.6 is 0 Å². The van der Waals surface area contributed by atoms with Gasteiger partial charge in [0.25, 0.3) is 0 Å². The highest BCUT2D eigenvalue weighted by Gasteiger charge is 2.57. The number of aliphatic hydroxyl groups is 1. The summed E-state index contributed by atoms with van der Waals surface area (Å²) in [6.07, 6.45) is 10.7. The SMILES string of the molecule is CC1=C(C#C[C@]2(O)CCC[C@]3(C)[C@@H]([C@H](C)CCCC(C)(C)O[Si](C)(C)C)CC[C@H]32)C[C@@H](O[Si](C)(C)C(C)(C)C)C[C@@H]1O[Si](C)(C)C(C)(C)C. The van der Waals surface area contributed by atoms with Crippen molar-refractivity contribution in [1.82, 2.24) is 0 Å². The second-order valence-corrected chi connectivity index (χ2v) is 35.5. The summed E-state index contributed by atoms with van der Waals surface area (Å²) in [5.41, 5.74) is 1.54. The van der Waals surface area contributed by atoms with Crippen molar-refractivity contribution in [2.24, 2.45) is 23.2 Å². The molecule has 284 valence electrons. The van der Waals surface area contributed by atoms with E-state index < -0.39 is 30.6 Å². The van der Waals surface area contributed by atoms with Gasteiger partial charge in [0.1, 0.15) is 5.60 Å². The highest BCUT2D eigenvalue weighted by atomic mass is 28.4. The minimum atomic E-state index is -2.02. The van der Waals surface area contributed by atoms with Gasteiger partial charge in [-0.2, -0.15) is 0 Å². The quantitative estimate of drug-likeness (QED) is 0.170. The summed E-state index contributed by atoms with van der Waals surface area (Å²) >= 11 is 0. The van der Waals surface area contributed by atoms with Crippen molar-refractivity contribution in [1.29, 1.82) is 0 Å². The number of hydrogen-bond acceptors (Lipinski definition) is 4. The summed E-state index contributed by atoms with van der Waals surface area (Å²) in [4.78, 5) is 0. The first kappa shape index (κ1) is 43.2. The van der Waals surface area contributed by atoms with E-state index in [0.29, 0.717) is 11.8 Å². The van der Waals surface area contributed by atoms with Gasteiger partial charge in [-0.3, -0.25) is 0 Å². The van der Waals surface area contributed by atoms with Gasteiger partial charge in [0, 0.05) is 24.3 Å². The fourth-order valence-corrected chi connectivity index (χ4v) is 13.6. The van der Waals surface area contributed by atoms with E-state index >= 15 is 0 Å². The second kappa shape index (κ2) is 14.9. The normalized spacial score (nSPS) is 31.3. The lowest BCUT2D eigenvalue weighted by Crippen LogP contribution is -2.49. The predicted octanol–water partition coefficient (Wildman–Crippen LogP) is 12.3. The molecule has 0 amide bonds. The van der Waals surface area contributed by atoms with E-state index in [0.717, 1.165) is 44.1 Å². The molecule has 0 radical (unpaired) electrons. The van der Waals surface area contributed by atoms with Crippen LogP contribution in [0, 0.1) is 35.0 Å². The van der Waals surface area contributed by atoms with Gasteiger partial charge < -0.3 is 18.4 Å². The van der Waals surface area contributed by atoms with Crippen LogP contribution in [-0.4, -0.2) is 53.5 Å². The Hall–Kier alpha value is -0.209. The van der Waals surface area contributed by atoms with Crippen LogP contribution in [0.25, 0.3) is 0 Å². The average Bonchev–Trinajstić information content (AvgIpc) is 3.25. The molecule has 3 aliphatic rings. The maximum atomic E-state index is 12.5. The second-order valence-electron chi connectivity index (χ2n) is 21.6. The van der Waals surface area contributed by atoms with Crippen LogP contribution in [0.1, 0.15) is 140 Å². The molecule has 0 heterocycles. The Kier molecular flexibility index (Phi) is 13.1. The topological polar surface area (TPSA) is 47.9 Å². The molecule has 0 aromatic heterocycles. The lowest BCUT2D eigenvalue weighted by molar-refractivity contribution is -0.0717. The molecule has 0 unspecified atom stereocenters. The zero-order valence-corrected chi connectivity index (χ0v) is 38.6. The molecule has 0 aromatic carbocycles. The Bertz CT molecular complexity index is 1240. The lowest BCUT2D eigenvalue weighted by atomic mass is 9.57. The summed E-state index contributed by atoms with van der Waals surface area (Å²) < 4.78 is 20.7. The van der Waals surface area contributed by atoms with E-state index in [9.17, 15) is 5.11 Å². The molecule has 7 heteroatoms. The number of fused-ring (bicyclic) bond motifs is 1. The Balaban J connectivity index is 1.86. The highest BCUT2D eigenvalue weighted by Crippen LogP contribution is 2.61. The van der Waals surface area contributed by atoms with E-state index in [4.69, 9.17) is 13.3 Å². The molecule has 3 rings (SSSR count). The summed E-state index contributed by atoms with van der Waals surface area (Å²) in [6.45, 7) is 42.0. The molecule has 7 atom stereocenters. The Morgan fingerprint density at radius 3 is 2.00 bits per heavy atom. The standard InChI is InChI=1S/C42H80O4Si3/c1-31(21-19-25-40(9,10)46-47(12,13)14)35-22-23-37-41(35,11)26-20-27-42(37,43)28-24-33-29-34(44-48(15,16)38(3,4)5)30-36(32(33)2)45-49(17,18)39(6,7)8/h31,34-37,43H,19-23,25-27,29-30H2,1-18H3/t31-,34-,35-,36+,37-,41-,42-/m1/s1. The van der Waals surface area contributed by atoms with Gasteiger partial charge in [-0.1, -0.05) is 80.1 Å². The van der Waals surface area contributed by atoms with Gasteiger partial charge in [-0.05, 0) is 138 Å². The van der Waals surface area contributed by atoms with Gasteiger partial charge in [-0.15, -0.1) is 0 Å². The Morgan fingerprint density at radius 1 is 0.878 bits per heavy atom. The van der Waals surface area contributed by atoms with Crippen LogP contribution < -0.4 is 0 Å². The van der Waals surface area contributed by atoms with Crippen molar-refractivity contribution in [3.63, 3.8) is 0 Å². The zero-order chi connectivity index (χ0) is 37.6. The minimum Gasteiger partial charge on any atom is -0.413 e. The van der Waals surface area contributed by atoms with E-state index in [1.165, 1.54) is 31.3 Å². The minimum absolute atomic E-state index is 0.0119. The molecule has 0 aliphatic heterocycles. The molecule has 0 spiro atoms. The average molecular weight is 733 g/mol. The first-order valence-corrected chi connectivity index (χ1v) is 29.2. The molecule has 2 fully saturated rings. The van der Waals surface area contributed by atoms with Crippen molar-refractivity contribution in [2.75, 3.05) is 0 Å². The highest BCUT2D eigenvalue weighted by molar-refractivity contribution is 6.74. The summed E-state index contributed by atoms with van der Waals surface area (Å²) in [7, 11) is -5.57. The van der Waals surface area contributed by atoms with Crippen LogP contribution in [-0.2, 0) is 13.3 Å². The number of hydrogen-bond donors (Lipinski definition) is 1. The largest absolute Gasteiger partial charge is 0.413 e. The maximum absolute atomic E-state index is 12.5. The van der Waals surface area contributed by atoms with Crippen LogP contribution in [0.4, 0.5) is 0 Å². The van der Waals surface area contributed by atoms with Crippen LogP contribution in [0.5, 0.6) is 0 Å². The maximum Gasteiger partial charge on any atom is 0.192 e. The molecule has 2 saturated carbocycles. The van der Waals surface area contributed by atoms with E-state index in [1.54, 1.807) is 0 Å². The van der Waals surface area contributed by atoms with Gasteiger partial charge >= 0.3 is 0 Å². The van der Waals surface area contributed by atoms with Crippen molar-refractivity contribution < 1.29 is 18.4 Å². The van der Waals surface area contributed by atoms with E-state index in [1.807, 2.05) is 0 Å². The molecule has 4 nitrogen and oxygen atoms in total. The number of rotatable bonds is 11. The summed E-state index contributed by atoms with van der Waals surface area (Å²) in [5, 5.41) is 12.7. The molecule has 3 aliphatic carbocycles. The van der Waals surface area contributed by atoms with E-state index in [-0.39, 0.29) is 39.2 Å². The third-order valence-electron chi connectivity index (χ3n) is 13.8. The van der Waals surface area contributed by atoms with Crippen molar-refractivity contribution >= 4 is 25.0 Å². The molecule has 1 N–H and O–H groups in total. The van der Waals surface area contributed by atoms with Crippen molar-refractivity contribution in [3.8, 4) is 11.8 Å². The predicted molar refractivity (Wildman–Crippen MR) is 218 cm³/mol. The first-order chi connectivity index (χ1) is 21.9. The van der Waals surface area contributed by atoms with Crippen molar-refractivity contribution in [2.45, 2.75) is 220 Å². The lowest BCUT2D eigenvalue weighted by Gasteiger charge is -2.49. The van der Waals surface area contributed by atoms with Crippen LogP contribution in [0.3, 0.4) is 0 Å². The van der Waals surface area contributed by atoms with Gasteiger partial charge in [0.2, 0.25) is 0 Å². The third-order valence-corrected chi connectivity index (χ3v) is 24.0. The third kappa shape index (κ3) is 10.5. The molecule has 0 bridgehead atoms. The molecule has 0 aromatic rings. The summed E-state index contributed by atoms with van der Waals surface area (Å²) in [6, 6.07) is 0. The molecular formula is C42H80O4Si3. The van der Waals surface area contributed by atoms with Crippen LogP contribution in [0.2, 0.25) is 55.9 Å². The van der Waals surface area contributed by atoms with Crippen LogP contribution in [0.15, 0.2) is 11.1 Å². The fraction of sp³-hybridized carbons (Fsp3) is 0.905. The van der Waals surface area contributed by atoms with Crippen molar-refractivity contribution in [3.05, 3.63) is 11.1 Å². The summed E-state index contributed by atoms with van der Waals surface area (Å²) in [5.74, 6) is 8.78. The smallest absolute Gasteiger partial charge is 0.192 e. The van der Waals surface area contributed by atoms with Gasteiger partial charge in [0.15, 0.2) is 25.0 Å². The monoisotopic (exact) mass is 733 g/mol. The molecule has 0 saturated heterocycles. The fourth-order valence-electron chi connectivity index (χ4n) is 9.10. The first-order valence-electron chi connectivity index (χ1n) is 19.9. The van der Waals surface area contributed by atoms with Gasteiger partial charge in [0.05, 0.1) is 17.8 Å². The van der Waals surface area contributed by atoms with E-state index in [2.05, 4.69) is 134 Å². The molecule has 49 heavy (non-hydrogen) atoms. The Morgan fingerprint density at radius 2 is 1.45 bits per heavy atom. The molecular weight excluding hydrogens is 653 g/mol.